The molecule has 0 fully saturated rings. The predicted molar refractivity (Wildman–Crippen MR) is 87.9 cm³/mol. The Hall–Kier alpha value is -1.65. The van der Waals surface area contributed by atoms with Gasteiger partial charge in [0.1, 0.15) is 5.01 Å². The fraction of sp³-hybridized carbons (Fsp3) is 0.250. The van der Waals surface area contributed by atoms with Crippen LogP contribution in [0.25, 0.3) is 10.6 Å². The molecule has 108 valence electrons. The lowest BCUT2D eigenvalue weighted by molar-refractivity contribution is 0.660. The summed E-state index contributed by atoms with van der Waals surface area (Å²) < 4.78 is 2.03. The van der Waals surface area contributed by atoms with Crippen LogP contribution in [0.5, 0.6) is 0 Å². The lowest BCUT2D eigenvalue weighted by Gasteiger charge is -2.09. The molecule has 21 heavy (non-hydrogen) atoms. The molecule has 0 saturated heterocycles. The van der Waals surface area contributed by atoms with Gasteiger partial charge in [-0.1, -0.05) is 24.3 Å². The van der Waals surface area contributed by atoms with Crippen molar-refractivity contribution in [2.45, 2.75) is 26.3 Å². The first kappa shape index (κ1) is 14.3. The van der Waals surface area contributed by atoms with Crippen LogP contribution in [0, 0.1) is 13.8 Å². The van der Waals surface area contributed by atoms with Gasteiger partial charge < -0.3 is 0 Å². The zero-order valence-corrected chi connectivity index (χ0v) is 13.6. The summed E-state index contributed by atoms with van der Waals surface area (Å²) in [5.41, 5.74) is 5.52. The van der Waals surface area contributed by atoms with Crippen molar-refractivity contribution in [2.24, 2.45) is 0 Å². The van der Waals surface area contributed by atoms with Gasteiger partial charge in [0.05, 0.1) is 23.8 Å². The minimum atomic E-state index is 0.454. The van der Waals surface area contributed by atoms with Crippen molar-refractivity contribution in [3.05, 3.63) is 58.4 Å². The average Bonchev–Trinajstić information content (AvgIpc) is 3.06. The highest BCUT2D eigenvalue weighted by molar-refractivity contribution is 7.13. The van der Waals surface area contributed by atoms with Crippen molar-refractivity contribution in [2.75, 3.05) is 0 Å². The van der Waals surface area contributed by atoms with Crippen LogP contribution in [0.2, 0.25) is 0 Å². The fourth-order valence-corrected chi connectivity index (χ4v) is 3.46. The Labute approximate surface area is 133 Å². The van der Waals surface area contributed by atoms with E-state index < -0.39 is 0 Å². The fourth-order valence-electron chi connectivity index (χ4n) is 2.36. The Morgan fingerprint density at radius 3 is 2.71 bits per heavy atom. The first-order chi connectivity index (χ1) is 10.2. The summed E-state index contributed by atoms with van der Waals surface area (Å²) in [5.74, 6) is 0.454. The molecule has 0 aliphatic carbocycles. The second-order valence-electron chi connectivity index (χ2n) is 5.02. The van der Waals surface area contributed by atoms with Gasteiger partial charge in [0.25, 0.3) is 0 Å². The number of aryl methyl sites for hydroxylation is 2. The number of nitrogens with zero attached hydrogens (tertiary/aromatic N) is 3. The zero-order valence-electron chi connectivity index (χ0n) is 12.0. The standard InChI is InChI=1S/C16H16ClN3S/c1-11-7-12(2)20(19-11)9-13-5-3-4-6-15(13)16-18-14(8-17)10-21-16/h3-7,10H,8-9H2,1-2H3. The van der Waals surface area contributed by atoms with E-state index in [1.807, 2.05) is 23.1 Å². The van der Waals surface area contributed by atoms with E-state index in [0.717, 1.165) is 28.5 Å². The third-order valence-electron chi connectivity index (χ3n) is 3.36. The molecule has 0 atom stereocenters. The number of halogens is 1. The minimum absolute atomic E-state index is 0.454. The highest BCUT2D eigenvalue weighted by atomic mass is 35.5. The van der Waals surface area contributed by atoms with Crippen LogP contribution in [0.15, 0.2) is 35.7 Å². The van der Waals surface area contributed by atoms with Crippen molar-refractivity contribution < 1.29 is 0 Å². The Kier molecular flexibility index (Phi) is 4.08. The summed E-state index contributed by atoms with van der Waals surface area (Å²) in [7, 11) is 0. The van der Waals surface area contributed by atoms with Gasteiger partial charge in [-0.25, -0.2) is 4.98 Å². The predicted octanol–water partition coefficient (Wildman–Crippen LogP) is 4.41. The first-order valence-corrected chi connectivity index (χ1v) is 8.18. The molecule has 0 unspecified atom stereocenters. The summed E-state index contributed by atoms with van der Waals surface area (Å²) in [6.45, 7) is 4.85. The van der Waals surface area contributed by atoms with E-state index >= 15 is 0 Å². The van der Waals surface area contributed by atoms with Gasteiger partial charge in [0.2, 0.25) is 0 Å². The molecule has 2 heterocycles. The average molecular weight is 318 g/mol. The summed E-state index contributed by atoms with van der Waals surface area (Å²) in [6.07, 6.45) is 0. The first-order valence-electron chi connectivity index (χ1n) is 6.77. The van der Waals surface area contributed by atoms with Crippen LogP contribution >= 0.6 is 22.9 Å². The molecule has 0 bridgehead atoms. The van der Waals surface area contributed by atoms with Crippen molar-refractivity contribution in [1.82, 2.24) is 14.8 Å². The van der Waals surface area contributed by atoms with Crippen LogP contribution in [0.1, 0.15) is 22.6 Å². The van der Waals surface area contributed by atoms with Gasteiger partial charge in [-0.15, -0.1) is 22.9 Å². The smallest absolute Gasteiger partial charge is 0.124 e. The number of aromatic nitrogens is 3. The number of thiazole rings is 1. The van der Waals surface area contributed by atoms with E-state index in [0.29, 0.717) is 5.88 Å². The van der Waals surface area contributed by atoms with E-state index in [1.54, 1.807) is 11.3 Å². The number of hydrogen-bond donors (Lipinski definition) is 0. The van der Waals surface area contributed by atoms with Crippen molar-refractivity contribution in [3.63, 3.8) is 0 Å². The maximum Gasteiger partial charge on any atom is 0.124 e. The van der Waals surface area contributed by atoms with Crippen LogP contribution in [0.3, 0.4) is 0 Å². The molecule has 0 spiro atoms. The zero-order chi connectivity index (χ0) is 14.8. The van der Waals surface area contributed by atoms with Crippen molar-refractivity contribution in [3.8, 4) is 10.6 Å². The van der Waals surface area contributed by atoms with Gasteiger partial charge in [0.15, 0.2) is 0 Å². The van der Waals surface area contributed by atoms with Crippen LogP contribution < -0.4 is 0 Å². The quantitative estimate of drug-likeness (QED) is 0.667. The van der Waals surface area contributed by atoms with Gasteiger partial charge >= 0.3 is 0 Å². The highest BCUT2D eigenvalue weighted by Crippen LogP contribution is 2.28. The molecule has 0 radical (unpaired) electrons. The molecule has 0 aliphatic heterocycles. The third kappa shape index (κ3) is 3.01. The molecule has 3 nitrogen and oxygen atoms in total. The summed E-state index contributed by atoms with van der Waals surface area (Å²) >= 11 is 7.49. The Morgan fingerprint density at radius 2 is 2.05 bits per heavy atom. The van der Waals surface area contributed by atoms with Gasteiger partial charge in [-0.05, 0) is 25.5 Å². The van der Waals surface area contributed by atoms with Crippen LogP contribution in [-0.2, 0) is 12.4 Å². The van der Waals surface area contributed by atoms with E-state index in [1.165, 1.54) is 11.3 Å². The van der Waals surface area contributed by atoms with Gasteiger partial charge in [-0.3, -0.25) is 4.68 Å². The van der Waals surface area contributed by atoms with Gasteiger partial charge in [-0.2, -0.15) is 5.10 Å². The normalized spacial score (nSPS) is 11.0. The van der Waals surface area contributed by atoms with E-state index in [-0.39, 0.29) is 0 Å². The molecule has 0 amide bonds. The molecule has 1 aromatic carbocycles. The maximum absolute atomic E-state index is 5.85. The lowest BCUT2D eigenvalue weighted by atomic mass is 10.1. The molecule has 0 N–H and O–H groups in total. The Morgan fingerprint density at radius 1 is 1.24 bits per heavy atom. The van der Waals surface area contributed by atoms with Crippen molar-refractivity contribution >= 4 is 22.9 Å². The number of rotatable bonds is 4. The van der Waals surface area contributed by atoms with Crippen LogP contribution in [-0.4, -0.2) is 14.8 Å². The molecule has 3 aromatic rings. The summed E-state index contributed by atoms with van der Waals surface area (Å²) in [5, 5.41) is 7.57. The second kappa shape index (κ2) is 6.00. The van der Waals surface area contributed by atoms with E-state index in [9.17, 15) is 0 Å². The minimum Gasteiger partial charge on any atom is -0.265 e. The monoisotopic (exact) mass is 317 g/mol. The number of benzene rings is 1. The summed E-state index contributed by atoms with van der Waals surface area (Å²) in [6, 6.07) is 10.4. The van der Waals surface area contributed by atoms with Gasteiger partial charge in [0, 0.05) is 16.6 Å². The topological polar surface area (TPSA) is 30.7 Å². The number of hydrogen-bond acceptors (Lipinski definition) is 3. The molecule has 3 rings (SSSR count). The molecular weight excluding hydrogens is 302 g/mol. The van der Waals surface area contributed by atoms with Crippen molar-refractivity contribution in [1.29, 1.82) is 0 Å². The molecule has 0 aliphatic rings. The summed E-state index contributed by atoms with van der Waals surface area (Å²) in [4.78, 5) is 4.59. The Bertz CT molecular complexity index is 760. The molecular formula is C16H16ClN3S. The lowest BCUT2D eigenvalue weighted by Crippen LogP contribution is -2.05. The second-order valence-corrected chi connectivity index (χ2v) is 6.14. The Balaban J connectivity index is 1.98. The molecule has 5 heteroatoms. The molecule has 0 saturated carbocycles. The highest BCUT2D eigenvalue weighted by Gasteiger charge is 2.11. The maximum atomic E-state index is 5.85. The molecule has 2 aromatic heterocycles. The number of alkyl halides is 1. The SMILES string of the molecule is Cc1cc(C)n(Cc2ccccc2-c2nc(CCl)cs2)n1. The third-order valence-corrected chi connectivity index (χ3v) is 4.56. The van der Waals surface area contributed by atoms with E-state index in [4.69, 9.17) is 11.6 Å². The largest absolute Gasteiger partial charge is 0.265 e. The van der Waals surface area contributed by atoms with Crippen LogP contribution in [0.4, 0.5) is 0 Å². The van der Waals surface area contributed by atoms with E-state index in [2.05, 4.69) is 41.3 Å².